The number of esters is 1. The Morgan fingerprint density at radius 3 is 2.96 bits per heavy atom. The van der Waals surface area contributed by atoms with Gasteiger partial charge in [0.15, 0.2) is 0 Å². The molecule has 0 aromatic carbocycles. The van der Waals surface area contributed by atoms with Gasteiger partial charge in [0.2, 0.25) is 11.6 Å². The quantitative estimate of drug-likeness (QED) is 0.754. The van der Waals surface area contributed by atoms with E-state index >= 15 is 0 Å². The van der Waals surface area contributed by atoms with Gasteiger partial charge < -0.3 is 19.2 Å². The van der Waals surface area contributed by atoms with E-state index in [9.17, 15) is 14.4 Å². The number of hydrogen-bond acceptors (Lipinski definition) is 7. The van der Waals surface area contributed by atoms with Crippen molar-refractivity contribution in [2.45, 2.75) is 39.3 Å². The lowest BCUT2D eigenvalue weighted by molar-refractivity contribution is -0.122. The summed E-state index contributed by atoms with van der Waals surface area (Å²) in [5.41, 5.74) is -0.429. The van der Waals surface area contributed by atoms with Crippen molar-refractivity contribution in [2.24, 2.45) is 0 Å². The summed E-state index contributed by atoms with van der Waals surface area (Å²) < 4.78 is 16.9. The first-order chi connectivity index (χ1) is 12.5. The summed E-state index contributed by atoms with van der Waals surface area (Å²) in [7, 11) is 0. The van der Waals surface area contributed by atoms with Crippen LogP contribution in [0.15, 0.2) is 15.5 Å². The molecule has 9 heteroatoms. The summed E-state index contributed by atoms with van der Waals surface area (Å²) >= 11 is 0. The normalized spacial score (nSPS) is 16.8. The predicted octanol–water partition coefficient (Wildman–Crippen LogP) is 0.770. The molecule has 0 radical (unpaired) electrons. The molecule has 1 fully saturated rings. The van der Waals surface area contributed by atoms with Crippen LogP contribution >= 0.6 is 0 Å². The van der Waals surface area contributed by atoms with Gasteiger partial charge in [-0.15, -0.1) is 0 Å². The van der Waals surface area contributed by atoms with Crippen molar-refractivity contribution in [3.63, 3.8) is 0 Å². The number of aromatic nitrogens is 2. The Morgan fingerprint density at radius 2 is 2.27 bits per heavy atom. The van der Waals surface area contributed by atoms with Crippen LogP contribution in [0.2, 0.25) is 0 Å². The molecule has 0 unspecified atom stereocenters. The number of furan rings is 1. The SMILES string of the molecule is CCOC(=O)c1c(C)oc2ncn(CC(=O)NC[C@H]3CCCO3)c(=O)c12. The summed E-state index contributed by atoms with van der Waals surface area (Å²) in [6, 6.07) is 0. The van der Waals surface area contributed by atoms with Gasteiger partial charge in [-0.05, 0) is 26.7 Å². The van der Waals surface area contributed by atoms with Gasteiger partial charge in [0.1, 0.15) is 29.6 Å². The second-order valence-corrected chi connectivity index (χ2v) is 6.05. The van der Waals surface area contributed by atoms with Crippen molar-refractivity contribution in [3.05, 3.63) is 28.0 Å². The van der Waals surface area contributed by atoms with E-state index in [4.69, 9.17) is 13.9 Å². The van der Waals surface area contributed by atoms with Crippen LogP contribution in [0.5, 0.6) is 0 Å². The molecule has 0 bridgehead atoms. The maximum Gasteiger partial charge on any atom is 0.342 e. The number of carbonyl (C=O) groups is 2. The Morgan fingerprint density at radius 1 is 1.46 bits per heavy atom. The molecule has 3 rings (SSSR count). The minimum Gasteiger partial charge on any atom is -0.462 e. The maximum absolute atomic E-state index is 12.7. The Labute approximate surface area is 149 Å². The predicted molar refractivity (Wildman–Crippen MR) is 90.9 cm³/mol. The van der Waals surface area contributed by atoms with Crippen LogP contribution in [0.3, 0.4) is 0 Å². The van der Waals surface area contributed by atoms with E-state index < -0.39 is 11.5 Å². The van der Waals surface area contributed by atoms with Crippen LogP contribution in [-0.4, -0.2) is 47.3 Å². The molecule has 9 nitrogen and oxygen atoms in total. The van der Waals surface area contributed by atoms with Crippen LogP contribution in [0.4, 0.5) is 0 Å². The number of nitrogens with zero attached hydrogens (tertiary/aromatic N) is 2. The van der Waals surface area contributed by atoms with Gasteiger partial charge in [-0.2, -0.15) is 0 Å². The lowest BCUT2D eigenvalue weighted by Gasteiger charge is -2.11. The highest BCUT2D eigenvalue weighted by atomic mass is 16.5. The third-order valence-electron chi connectivity index (χ3n) is 4.20. The molecule has 1 saturated heterocycles. The number of hydrogen-bond donors (Lipinski definition) is 1. The van der Waals surface area contributed by atoms with E-state index in [-0.39, 0.29) is 47.6 Å². The molecule has 1 atom stereocenters. The highest BCUT2D eigenvalue weighted by Crippen LogP contribution is 2.21. The molecule has 1 aliphatic heterocycles. The average Bonchev–Trinajstić information content (AvgIpc) is 3.23. The molecule has 3 heterocycles. The molecule has 1 N–H and O–H groups in total. The van der Waals surface area contributed by atoms with E-state index in [1.54, 1.807) is 13.8 Å². The van der Waals surface area contributed by atoms with E-state index in [0.29, 0.717) is 13.2 Å². The number of nitrogens with one attached hydrogen (secondary N) is 1. The van der Waals surface area contributed by atoms with Gasteiger partial charge in [-0.1, -0.05) is 0 Å². The van der Waals surface area contributed by atoms with Crippen LogP contribution in [0, 0.1) is 6.92 Å². The Hall–Kier alpha value is -2.68. The third-order valence-corrected chi connectivity index (χ3v) is 4.20. The smallest absolute Gasteiger partial charge is 0.342 e. The topological polar surface area (TPSA) is 113 Å². The van der Waals surface area contributed by atoms with Crippen LogP contribution in [0.25, 0.3) is 11.1 Å². The molecule has 140 valence electrons. The van der Waals surface area contributed by atoms with Gasteiger partial charge in [0, 0.05) is 13.2 Å². The largest absolute Gasteiger partial charge is 0.462 e. The second-order valence-electron chi connectivity index (χ2n) is 6.05. The van der Waals surface area contributed by atoms with Gasteiger partial charge >= 0.3 is 5.97 Å². The molecular formula is C17H21N3O6. The molecule has 1 amide bonds. The molecule has 0 saturated carbocycles. The van der Waals surface area contributed by atoms with E-state index in [2.05, 4.69) is 10.3 Å². The zero-order valence-corrected chi connectivity index (χ0v) is 14.7. The molecule has 0 spiro atoms. The lowest BCUT2D eigenvalue weighted by atomic mass is 10.2. The molecule has 0 aliphatic carbocycles. The zero-order chi connectivity index (χ0) is 18.7. The number of carbonyl (C=O) groups excluding carboxylic acids is 2. The number of ether oxygens (including phenoxy) is 2. The van der Waals surface area contributed by atoms with Crippen LogP contribution in [0.1, 0.15) is 35.9 Å². The van der Waals surface area contributed by atoms with Crippen molar-refractivity contribution in [1.82, 2.24) is 14.9 Å². The van der Waals surface area contributed by atoms with Crippen LogP contribution in [-0.2, 0) is 20.8 Å². The maximum atomic E-state index is 12.7. The Bertz CT molecular complexity index is 878. The summed E-state index contributed by atoms with van der Waals surface area (Å²) in [5, 5.41) is 2.77. The first kappa shape index (κ1) is 18.1. The van der Waals surface area contributed by atoms with Gasteiger partial charge in [0.05, 0.1) is 12.7 Å². The number of aryl methyl sites for hydroxylation is 1. The monoisotopic (exact) mass is 363 g/mol. The first-order valence-corrected chi connectivity index (χ1v) is 8.55. The van der Waals surface area contributed by atoms with Crippen molar-refractivity contribution in [1.29, 1.82) is 0 Å². The molecular weight excluding hydrogens is 342 g/mol. The molecule has 2 aromatic heterocycles. The number of amides is 1. The second kappa shape index (κ2) is 7.69. The van der Waals surface area contributed by atoms with E-state index in [0.717, 1.165) is 17.4 Å². The van der Waals surface area contributed by atoms with Crippen molar-refractivity contribution < 1.29 is 23.5 Å². The first-order valence-electron chi connectivity index (χ1n) is 8.55. The lowest BCUT2D eigenvalue weighted by Crippen LogP contribution is -2.36. The molecule has 26 heavy (non-hydrogen) atoms. The highest BCUT2D eigenvalue weighted by molar-refractivity contribution is 6.03. The summed E-state index contributed by atoms with van der Waals surface area (Å²) in [4.78, 5) is 41.0. The van der Waals surface area contributed by atoms with E-state index in [1.165, 1.54) is 6.33 Å². The standard InChI is InChI=1S/C17H21N3O6/c1-3-24-17(23)13-10(2)26-15-14(13)16(22)20(9-19-15)8-12(21)18-7-11-5-4-6-25-11/h9,11H,3-8H2,1-2H3,(H,18,21)/t11-/m1/s1. The van der Waals surface area contributed by atoms with E-state index in [1.807, 2.05) is 0 Å². The summed E-state index contributed by atoms with van der Waals surface area (Å²) in [6.45, 7) is 4.31. The van der Waals surface area contributed by atoms with Crippen molar-refractivity contribution in [2.75, 3.05) is 19.8 Å². The summed E-state index contributed by atoms with van der Waals surface area (Å²) in [5.74, 6) is -0.728. The zero-order valence-electron chi connectivity index (χ0n) is 14.7. The Kier molecular flexibility index (Phi) is 5.36. The van der Waals surface area contributed by atoms with Crippen molar-refractivity contribution >= 4 is 23.0 Å². The van der Waals surface area contributed by atoms with Gasteiger partial charge in [-0.25, -0.2) is 9.78 Å². The van der Waals surface area contributed by atoms with Crippen molar-refractivity contribution in [3.8, 4) is 0 Å². The fraction of sp³-hybridized carbons (Fsp3) is 0.529. The van der Waals surface area contributed by atoms with Gasteiger partial charge in [-0.3, -0.25) is 14.2 Å². The average molecular weight is 363 g/mol. The van der Waals surface area contributed by atoms with Gasteiger partial charge in [0.25, 0.3) is 5.56 Å². The minimum atomic E-state index is -0.650. The minimum absolute atomic E-state index is 0.0169. The number of fused-ring (bicyclic) bond motifs is 1. The fourth-order valence-electron chi connectivity index (χ4n) is 2.94. The Balaban J connectivity index is 1.81. The molecule has 2 aromatic rings. The highest BCUT2D eigenvalue weighted by Gasteiger charge is 2.24. The van der Waals surface area contributed by atoms with Crippen LogP contribution < -0.4 is 10.9 Å². The summed E-state index contributed by atoms with van der Waals surface area (Å²) in [6.07, 6.45) is 3.14. The molecule has 1 aliphatic rings. The number of rotatable bonds is 6. The fourth-order valence-corrected chi connectivity index (χ4v) is 2.94. The third kappa shape index (κ3) is 3.62.